The number of fused-ring (bicyclic) bond motifs is 3. The lowest BCUT2D eigenvalue weighted by atomic mass is 10.0. The minimum atomic E-state index is 1.04. The van der Waals surface area contributed by atoms with Crippen LogP contribution < -0.4 is 0 Å². The van der Waals surface area contributed by atoms with E-state index in [2.05, 4.69) is 78.7 Å². The Morgan fingerprint density at radius 2 is 1.76 bits per heavy atom. The molecule has 1 nitrogen and oxygen atoms in total. The largest absolute Gasteiger partial charge is 0.355 e. The van der Waals surface area contributed by atoms with Gasteiger partial charge in [-0.2, -0.15) is 0 Å². The summed E-state index contributed by atoms with van der Waals surface area (Å²) in [6, 6.07) is 15.1. The van der Waals surface area contributed by atoms with Crippen LogP contribution in [0.25, 0.3) is 27.4 Å². The second kappa shape index (κ2) is 4.78. The van der Waals surface area contributed by atoms with Gasteiger partial charge >= 0.3 is 0 Å². The highest BCUT2D eigenvalue weighted by Gasteiger charge is 2.06. The van der Waals surface area contributed by atoms with E-state index in [1.54, 1.807) is 0 Å². The zero-order valence-corrected chi connectivity index (χ0v) is 12.1. The summed E-state index contributed by atoms with van der Waals surface area (Å²) in [4.78, 5) is 3.48. The van der Waals surface area contributed by atoms with Gasteiger partial charge < -0.3 is 4.98 Å². The lowest BCUT2D eigenvalue weighted by Crippen LogP contribution is -1.80. The highest BCUT2D eigenvalue weighted by Crippen LogP contribution is 2.29. The van der Waals surface area contributed by atoms with Crippen molar-refractivity contribution in [2.75, 3.05) is 0 Å². The smallest absolute Gasteiger partial charge is 0.0465 e. The SMILES string of the molecule is CC1=CC=C(c2ccc3[nH]c4ccccc4c3c2)C=CC1. The van der Waals surface area contributed by atoms with Crippen LogP contribution in [0.4, 0.5) is 0 Å². The molecule has 0 saturated carbocycles. The van der Waals surface area contributed by atoms with Crippen molar-refractivity contribution in [3.05, 3.63) is 77.9 Å². The topological polar surface area (TPSA) is 15.8 Å². The molecule has 4 rings (SSSR count). The number of nitrogens with one attached hydrogen (secondary N) is 1. The lowest BCUT2D eigenvalue weighted by Gasteiger charge is -2.02. The molecule has 1 heterocycles. The first-order valence-electron chi connectivity index (χ1n) is 7.36. The average Bonchev–Trinajstić information content (AvgIpc) is 2.74. The van der Waals surface area contributed by atoms with Crippen LogP contribution in [0.3, 0.4) is 0 Å². The monoisotopic (exact) mass is 271 g/mol. The molecule has 0 aliphatic heterocycles. The molecule has 0 spiro atoms. The van der Waals surface area contributed by atoms with Gasteiger partial charge in [0.15, 0.2) is 0 Å². The standard InChI is InChI=1S/C20H17N/c1-14-5-4-6-15(10-9-14)16-11-12-20-18(13-16)17-7-2-3-8-19(17)21-20/h2-4,6-13,21H,5H2,1H3. The van der Waals surface area contributed by atoms with Gasteiger partial charge in [0, 0.05) is 21.8 Å². The third kappa shape index (κ3) is 2.11. The van der Waals surface area contributed by atoms with Crippen LogP contribution in [0.5, 0.6) is 0 Å². The van der Waals surface area contributed by atoms with E-state index in [9.17, 15) is 0 Å². The molecule has 3 aromatic rings. The van der Waals surface area contributed by atoms with Crippen molar-refractivity contribution < 1.29 is 0 Å². The molecule has 1 N–H and O–H groups in total. The second-order valence-electron chi connectivity index (χ2n) is 5.67. The molecule has 21 heavy (non-hydrogen) atoms. The molecule has 0 saturated heterocycles. The highest BCUT2D eigenvalue weighted by molar-refractivity contribution is 6.08. The van der Waals surface area contributed by atoms with Crippen LogP contribution in [0.15, 0.2) is 72.3 Å². The molecule has 1 heteroatoms. The Morgan fingerprint density at radius 3 is 2.71 bits per heavy atom. The van der Waals surface area contributed by atoms with E-state index < -0.39 is 0 Å². The maximum absolute atomic E-state index is 3.48. The first-order valence-corrected chi connectivity index (χ1v) is 7.36. The number of aromatic amines is 1. The first-order chi connectivity index (χ1) is 10.3. The fraction of sp³-hybridized carbons (Fsp3) is 0.100. The number of para-hydroxylation sites is 1. The third-order valence-corrected chi connectivity index (χ3v) is 4.12. The van der Waals surface area contributed by atoms with Gasteiger partial charge in [0.25, 0.3) is 0 Å². The predicted octanol–water partition coefficient (Wildman–Crippen LogP) is 5.61. The van der Waals surface area contributed by atoms with E-state index in [0.29, 0.717) is 0 Å². The van der Waals surface area contributed by atoms with Crippen molar-refractivity contribution in [3.63, 3.8) is 0 Å². The van der Waals surface area contributed by atoms with E-state index in [1.165, 1.54) is 38.5 Å². The Kier molecular flexibility index (Phi) is 2.78. The Balaban J connectivity index is 1.92. The zero-order chi connectivity index (χ0) is 14.2. The number of benzene rings is 2. The Hall–Kier alpha value is -2.54. The van der Waals surface area contributed by atoms with Gasteiger partial charge in [-0.3, -0.25) is 0 Å². The highest BCUT2D eigenvalue weighted by atomic mass is 14.7. The van der Waals surface area contributed by atoms with Crippen molar-refractivity contribution >= 4 is 27.4 Å². The van der Waals surface area contributed by atoms with Crippen LogP contribution in [-0.2, 0) is 0 Å². The summed E-state index contributed by atoms with van der Waals surface area (Å²) in [5.74, 6) is 0. The number of allylic oxidation sites excluding steroid dienone is 6. The van der Waals surface area contributed by atoms with Crippen molar-refractivity contribution in [1.82, 2.24) is 4.98 Å². The molecule has 0 atom stereocenters. The number of aromatic nitrogens is 1. The van der Waals surface area contributed by atoms with Crippen LogP contribution >= 0.6 is 0 Å². The van der Waals surface area contributed by atoms with Crippen LogP contribution in [-0.4, -0.2) is 4.98 Å². The Bertz CT molecular complexity index is 919. The predicted molar refractivity (Wildman–Crippen MR) is 91.3 cm³/mol. The van der Waals surface area contributed by atoms with Crippen molar-refractivity contribution in [2.24, 2.45) is 0 Å². The summed E-state index contributed by atoms with van der Waals surface area (Å²) in [5, 5.41) is 2.58. The van der Waals surface area contributed by atoms with E-state index in [4.69, 9.17) is 0 Å². The number of rotatable bonds is 1. The van der Waals surface area contributed by atoms with Gasteiger partial charge in [0.1, 0.15) is 0 Å². The maximum Gasteiger partial charge on any atom is 0.0465 e. The Labute approximate surface area is 124 Å². The van der Waals surface area contributed by atoms with E-state index in [1.807, 2.05) is 0 Å². The van der Waals surface area contributed by atoms with Crippen LogP contribution in [0.2, 0.25) is 0 Å². The molecule has 0 amide bonds. The molecule has 0 radical (unpaired) electrons. The summed E-state index contributed by atoms with van der Waals surface area (Å²) < 4.78 is 0. The molecule has 0 bridgehead atoms. The molecular formula is C20H17N. The van der Waals surface area contributed by atoms with Gasteiger partial charge in [0.2, 0.25) is 0 Å². The van der Waals surface area contributed by atoms with Crippen molar-refractivity contribution in [1.29, 1.82) is 0 Å². The van der Waals surface area contributed by atoms with E-state index in [0.717, 1.165) is 6.42 Å². The summed E-state index contributed by atoms with van der Waals surface area (Å²) in [7, 11) is 0. The molecule has 0 unspecified atom stereocenters. The number of hydrogen-bond acceptors (Lipinski definition) is 0. The lowest BCUT2D eigenvalue weighted by molar-refractivity contribution is 1.22. The molecule has 1 aliphatic rings. The molecule has 2 aromatic carbocycles. The third-order valence-electron chi connectivity index (χ3n) is 4.12. The number of H-pyrrole nitrogens is 1. The quantitative estimate of drug-likeness (QED) is 0.592. The van der Waals surface area contributed by atoms with Crippen LogP contribution in [0, 0.1) is 0 Å². The van der Waals surface area contributed by atoms with Crippen LogP contribution in [0.1, 0.15) is 18.9 Å². The molecule has 1 aromatic heterocycles. The van der Waals surface area contributed by atoms with E-state index in [-0.39, 0.29) is 0 Å². The molecule has 102 valence electrons. The van der Waals surface area contributed by atoms with Gasteiger partial charge in [-0.15, -0.1) is 0 Å². The van der Waals surface area contributed by atoms with E-state index >= 15 is 0 Å². The summed E-state index contributed by atoms with van der Waals surface area (Å²) in [5.41, 5.74) is 6.35. The minimum Gasteiger partial charge on any atom is -0.355 e. The average molecular weight is 271 g/mol. The fourth-order valence-electron chi connectivity index (χ4n) is 2.95. The first kappa shape index (κ1) is 12.2. The van der Waals surface area contributed by atoms with Gasteiger partial charge in [-0.1, -0.05) is 54.1 Å². The normalized spacial score (nSPS) is 15.1. The van der Waals surface area contributed by atoms with Gasteiger partial charge in [-0.25, -0.2) is 0 Å². The summed E-state index contributed by atoms with van der Waals surface area (Å²) in [6.07, 6.45) is 9.94. The molecular weight excluding hydrogens is 254 g/mol. The fourth-order valence-corrected chi connectivity index (χ4v) is 2.95. The molecule has 0 fully saturated rings. The van der Waals surface area contributed by atoms with Gasteiger partial charge in [0.05, 0.1) is 0 Å². The number of hydrogen-bond donors (Lipinski definition) is 1. The zero-order valence-electron chi connectivity index (χ0n) is 12.1. The summed E-state index contributed by atoms with van der Waals surface area (Å²) >= 11 is 0. The second-order valence-corrected chi connectivity index (χ2v) is 5.67. The van der Waals surface area contributed by atoms with Crippen molar-refractivity contribution in [3.8, 4) is 0 Å². The minimum absolute atomic E-state index is 1.04. The maximum atomic E-state index is 3.48. The van der Waals surface area contributed by atoms with Crippen molar-refractivity contribution in [2.45, 2.75) is 13.3 Å². The summed E-state index contributed by atoms with van der Waals surface area (Å²) in [6.45, 7) is 2.17. The molecule has 1 aliphatic carbocycles. The Morgan fingerprint density at radius 1 is 0.905 bits per heavy atom. The van der Waals surface area contributed by atoms with Gasteiger partial charge in [-0.05, 0) is 42.7 Å².